The van der Waals surface area contributed by atoms with Crippen molar-refractivity contribution in [2.24, 2.45) is 5.92 Å². The van der Waals surface area contributed by atoms with E-state index in [1.54, 1.807) is 17.4 Å². The molecule has 116 valence electrons. The standard InChI is InChI=1S/C17H17Cl2NOS/c1-10(2)17(21)20-7-5-15-13(6-8-22-15)16(20)12-4-3-11(18)9-14(12)19/h3-4,6,8-10,16H,5,7H2,1-2H3. The van der Waals surface area contributed by atoms with Crippen LogP contribution in [0.2, 0.25) is 10.0 Å². The van der Waals surface area contributed by atoms with Gasteiger partial charge in [-0.15, -0.1) is 11.3 Å². The molecule has 0 bridgehead atoms. The quantitative estimate of drug-likeness (QED) is 0.727. The summed E-state index contributed by atoms with van der Waals surface area (Å²) in [5.41, 5.74) is 2.13. The average molecular weight is 354 g/mol. The van der Waals surface area contributed by atoms with Gasteiger partial charge in [-0.1, -0.05) is 43.1 Å². The molecule has 1 unspecified atom stereocenters. The summed E-state index contributed by atoms with van der Waals surface area (Å²) in [5.74, 6) is 0.127. The topological polar surface area (TPSA) is 20.3 Å². The van der Waals surface area contributed by atoms with Crippen molar-refractivity contribution in [2.75, 3.05) is 6.54 Å². The van der Waals surface area contributed by atoms with Crippen molar-refractivity contribution >= 4 is 40.4 Å². The third-order valence-corrected chi connectivity index (χ3v) is 5.56. The van der Waals surface area contributed by atoms with Crippen molar-refractivity contribution in [3.8, 4) is 0 Å². The van der Waals surface area contributed by atoms with E-state index in [1.165, 1.54) is 10.4 Å². The number of nitrogens with zero attached hydrogens (tertiary/aromatic N) is 1. The fourth-order valence-corrected chi connectivity index (χ4v) is 4.36. The lowest BCUT2D eigenvalue weighted by atomic mass is 9.92. The molecule has 0 fully saturated rings. The second-order valence-electron chi connectivity index (χ2n) is 5.80. The number of carbonyl (C=O) groups is 1. The fraction of sp³-hybridized carbons (Fsp3) is 0.353. The van der Waals surface area contributed by atoms with Crippen LogP contribution < -0.4 is 0 Å². The van der Waals surface area contributed by atoms with Gasteiger partial charge in [-0.25, -0.2) is 0 Å². The SMILES string of the molecule is CC(C)C(=O)N1CCc2sccc2C1c1ccc(Cl)cc1Cl. The molecule has 1 atom stereocenters. The summed E-state index contributed by atoms with van der Waals surface area (Å²) >= 11 is 14.2. The van der Waals surface area contributed by atoms with Crippen molar-refractivity contribution in [1.29, 1.82) is 0 Å². The third-order valence-electron chi connectivity index (χ3n) is 4.00. The molecule has 0 N–H and O–H groups in total. The Kier molecular flexibility index (Phi) is 4.49. The lowest BCUT2D eigenvalue weighted by Gasteiger charge is -2.37. The number of carbonyl (C=O) groups excluding carboxylic acids is 1. The first-order valence-electron chi connectivity index (χ1n) is 7.30. The summed E-state index contributed by atoms with van der Waals surface area (Å²) in [6, 6.07) is 7.51. The molecule has 22 heavy (non-hydrogen) atoms. The fourth-order valence-electron chi connectivity index (χ4n) is 2.94. The Hall–Kier alpha value is -1.03. The minimum Gasteiger partial charge on any atom is -0.331 e. The highest BCUT2D eigenvalue weighted by Gasteiger charge is 2.34. The minimum atomic E-state index is -0.116. The van der Waals surface area contributed by atoms with Crippen LogP contribution >= 0.6 is 34.5 Å². The Bertz CT molecular complexity index is 710. The van der Waals surface area contributed by atoms with Crippen LogP contribution in [0.5, 0.6) is 0 Å². The highest BCUT2D eigenvalue weighted by Crippen LogP contribution is 2.41. The van der Waals surface area contributed by atoms with Crippen molar-refractivity contribution in [3.63, 3.8) is 0 Å². The maximum absolute atomic E-state index is 12.7. The molecule has 0 spiro atoms. The van der Waals surface area contributed by atoms with Gasteiger partial charge in [0, 0.05) is 27.4 Å². The van der Waals surface area contributed by atoms with E-state index in [-0.39, 0.29) is 17.9 Å². The van der Waals surface area contributed by atoms with Crippen LogP contribution in [-0.4, -0.2) is 17.4 Å². The second kappa shape index (κ2) is 6.23. The van der Waals surface area contributed by atoms with E-state index in [9.17, 15) is 4.79 Å². The van der Waals surface area contributed by atoms with Gasteiger partial charge in [0.15, 0.2) is 0 Å². The highest BCUT2D eigenvalue weighted by atomic mass is 35.5. The van der Waals surface area contributed by atoms with Gasteiger partial charge in [0.1, 0.15) is 0 Å². The summed E-state index contributed by atoms with van der Waals surface area (Å²) < 4.78 is 0. The van der Waals surface area contributed by atoms with Crippen LogP contribution in [0.4, 0.5) is 0 Å². The number of amides is 1. The monoisotopic (exact) mass is 353 g/mol. The molecule has 5 heteroatoms. The Morgan fingerprint density at radius 2 is 2.05 bits per heavy atom. The average Bonchev–Trinajstić information content (AvgIpc) is 2.94. The zero-order chi connectivity index (χ0) is 15.9. The summed E-state index contributed by atoms with van der Waals surface area (Å²) in [6.07, 6.45) is 0.910. The van der Waals surface area contributed by atoms with Gasteiger partial charge in [0.2, 0.25) is 5.91 Å². The van der Waals surface area contributed by atoms with Gasteiger partial charge in [0.25, 0.3) is 0 Å². The smallest absolute Gasteiger partial charge is 0.225 e. The van der Waals surface area contributed by atoms with Crippen LogP contribution in [0.3, 0.4) is 0 Å². The predicted octanol–water partition coefficient (Wildman–Crippen LogP) is 5.19. The summed E-state index contributed by atoms with van der Waals surface area (Å²) in [6.45, 7) is 4.60. The van der Waals surface area contributed by atoms with Crippen molar-refractivity contribution in [1.82, 2.24) is 4.90 Å². The van der Waals surface area contributed by atoms with E-state index in [0.29, 0.717) is 10.0 Å². The van der Waals surface area contributed by atoms with Gasteiger partial charge in [-0.2, -0.15) is 0 Å². The van der Waals surface area contributed by atoms with E-state index < -0.39 is 0 Å². The maximum atomic E-state index is 12.7. The molecule has 0 aliphatic carbocycles. The summed E-state index contributed by atoms with van der Waals surface area (Å²) in [5, 5.41) is 3.31. The highest BCUT2D eigenvalue weighted by molar-refractivity contribution is 7.10. The number of thiophene rings is 1. The van der Waals surface area contributed by atoms with E-state index in [4.69, 9.17) is 23.2 Å². The van der Waals surface area contributed by atoms with Crippen LogP contribution in [0.25, 0.3) is 0 Å². The molecule has 0 radical (unpaired) electrons. The van der Waals surface area contributed by atoms with Crippen molar-refractivity contribution in [3.05, 3.63) is 55.7 Å². The zero-order valence-electron chi connectivity index (χ0n) is 12.5. The van der Waals surface area contributed by atoms with Crippen LogP contribution in [0.1, 0.15) is 35.9 Å². The zero-order valence-corrected chi connectivity index (χ0v) is 14.8. The van der Waals surface area contributed by atoms with E-state index in [0.717, 1.165) is 18.5 Å². The van der Waals surface area contributed by atoms with Gasteiger partial charge in [-0.05, 0) is 41.1 Å². The Balaban J connectivity index is 2.11. The number of hydrogen-bond donors (Lipinski definition) is 0. The van der Waals surface area contributed by atoms with E-state index in [1.807, 2.05) is 30.9 Å². The molecule has 2 aromatic rings. The van der Waals surface area contributed by atoms with Gasteiger partial charge < -0.3 is 4.90 Å². The van der Waals surface area contributed by atoms with E-state index >= 15 is 0 Å². The lowest BCUT2D eigenvalue weighted by Crippen LogP contribution is -2.42. The number of benzene rings is 1. The Labute approximate surface area is 144 Å². The van der Waals surface area contributed by atoms with Gasteiger partial charge in [-0.3, -0.25) is 4.79 Å². The minimum absolute atomic E-state index is 0.0336. The molecule has 1 aromatic heterocycles. The van der Waals surface area contributed by atoms with E-state index in [2.05, 4.69) is 11.4 Å². The van der Waals surface area contributed by atoms with Crippen LogP contribution in [0, 0.1) is 5.92 Å². The number of fused-ring (bicyclic) bond motifs is 1. The number of rotatable bonds is 2. The molecular formula is C17H17Cl2NOS. The third kappa shape index (κ3) is 2.78. The predicted molar refractivity (Wildman–Crippen MR) is 92.9 cm³/mol. The van der Waals surface area contributed by atoms with Crippen molar-refractivity contribution < 1.29 is 4.79 Å². The maximum Gasteiger partial charge on any atom is 0.225 e. The first kappa shape index (κ1) is 15.9. The molecule has 0 saturated heterocycles. The van der Waals surface area contributed by atoms with Crippen LogP contribution in [-0.2, 0) is 11.2 Å². The van der Waals surface area contributed by atoms with Crippen molar-refractivity contribution in [2.45, 2.75) is 26.3 Å². The molecule has 2 heterocycles. The summed E-state index contributed by atoms with van der Waals surface area (Å²) in [7, 11) is 0. The number of hydrogen-bond acceptors (Lipinski definition) is 2. The first-order chi connectivity index (χ1) is 10.5. The lowest BCUT2D eigenvalue weighted by molar-refractivity contribution is -0.136. The van der Waals surface area contributed by atoms with Gasteiger partial charge >= 0.3 is 0 Å². The molecule has 2 nitrogen and oxygen atoms in total. The summed E-state index contributed by atoms with van der Waals surface area (Å²) in [4.78, 5) is 15.9. The second-order valence-corrected chi connectivity index (χ2v) is 7.65. The molecule has 0 saturated carbocycles. The van der Waals surface area contributed by atoms with Gasteiger partial charge in [0.05, 0.1) is 6.04 Å². The Morgan fingerprint density at radius 3 is 2.73 bits per heavy atom. The normalized spacial score (nSPS) is 17.7. The molecule has 1 aliphatic rings. The first-order valence-corrected chi connectivity index (χ1v) is 8.94. The molecule has 3 rings (SSSR count). The Morgan fingerprint density at radius 1 is 1.27 bits per heavy atom. The molecule has 1 aromatic carbocycles. The largest absolute Gasteiger partial charge is 0.331 e. The van der Waals surface area contributed by atoms with Crippen LogP contribution in [0.15, 0.2) is 29.6 Å². The molecule has 1 amide bonds. The number of halogens is 2. The molecule has 1 aliphatic heterocycles. The molecular weight excluding hydrogens is 337 g/mol.